The highest BCUT2D eigenvalue weighted by molar-refractivity contribution is 6.30. The van der Waals surface area contributed by atoms with E-state index >= 15 is 0 Å². The summed E-state index contributed by atoms with van der Waals surface area (Å²) < 4.78 is 3.44. The molecule has 106 valence electrons. The molecule has 1 aliphatic rings. The zero-order chi connectivity index (χ0) is 14.4. The van der Waals surface area contributed by atoms with E-state index in [4.69, 9.17) is 11.6 Å². The van der Waals surface area contributed by atoms with E-state index in [1.807, 2.05) is 4.57 Å². The summed E-state index contributed by atoms with van der Waals surface area (Å²) in [5.74, 6) is 0.630. The Hall–Kier alpha value is -2.48. The minimum Gasteiger partial charge on any atom is -0.328 e. The standard InChI is InChI=1S/C12H10ClN7O/c13-8-4-14-10-3-9(17-20(10)5-8)12(21)18-1-2-19-7-15-16-11(19)6-18/h3-5,7H,1-2,6H2. The number of rotatable bonds is 1. The monoisotopic (exact) mass is 303 g/mol. The third-order valence-corrected chi connectivity index (χ3v) is 3.62. The molecule has 0 N–H and O–H groups in total. The van der Waals surface area contributed by atoms with Gasteiger partial charge in [0.25, 0.3) is 5.91 Å². The van der Waals surface area contributed by atoms with Crippen molar-refractivity contribution in [3.8, 4) is 0 Å². The molecule has 0 aromatic carbocycles. The van der Waals surface area contributed by atoms with Gasteiger partial charge in [0.1, 0.15) is 6.33 Å². The maximum atomic E-state index is 12.5. The van der Waals surface area contributed by atoms with Gasteiger partial charge in [-0.05, 0) is 0 Å². The smallest absolute Gasteiger partial charge is 0.274 e. The number of fused-ring (bicyclic) bond motifs is 2. The van der Waals surface area contributed by atoms with Gasteiger partial charge in [0, 0.05) is 25.4 Å². The average molecular weight is 304 g/mol. The topological polar surface area (TPSA) is 81.2 Å². The van der Waals surface area contributed by atoms with Gasteiger partial charge in [0.2, 0.25) is 0 Å². The molecule has 0 unspecified atom stereocenters. The maximum Gasteiger partial charge on any atom is 0.274 e. The lowest BCUT2D eigenvalue weighted by molar-refractivity contribution is 0.0701. The molecule has 4 rings (SSSR count). The van der Waals surface area contributed by atoms with Gasteiger partial charge in [-0.3, -0.25) is 4.79 Å². The largest absolute Gasteiger partial charge is 0.328 e. The number of hydrogen-bond acceptors (Lipinski definition) is 5. The molecule has 3 aromatic heterocycles. The Labute approximate surface area is 124 Å². The van der Waals surface area contributed by atoms with Gasteiger partial charge in [0.15, 0.2) is 17.2 Å². The second-order valence-corrected chi connectivity index (χ2v) is 5.21. The first-order chi connectivity index (χ1) is 10.2. The van der Waals surface area contributed by atoms with Gasteiger partial charge in [0.05, 0.1) is 17.8 Å². The zero-order valence-corrected chi connectivity index (χ0v) is 11.6. The number of amides is 1. The van der Waals surface area contributed by atoms with Gasteiger partial charge < -0.3 is 9.47 Å². The van der Waals surface area contributed by atoms with Crippen LogP contribution in [0.25, 0.3) is 5.65 Å². The fourth-order valence-electron chi connectivity index (χ4n) is 2.36. The number of aromatic nitrogens is 6. The number of halogens is 1. The Morgan fingerprint density at radius 2 is 2.24 bits per heavy atom. The third-order valence-electron chi connectivity index (χ3n) is 3.43. The van der Waals surface area contributed by atoms with E-state index in [-0.39, 0.29) is 5.91 Å². The number of carbonyl (C=O) groups excluding carboxylic acids is 1. The molecule has 0 spiro atoms. The van der Waals surface area contributed by atoms with Crippen LogP contribution in [-0.2, 0) is 13.1 Å². The summed E-state index contributed by atoms with van der Waals surface area (Å²) in [4.78, 5) is 18.3. The van der Waals surface area contributed by atoms with Crippen LogP contribution in [0.2, 0.25) is 5.02 Å². The quantitative estimate of drug-likeness (QED) is 0.658. The molecule has 0 bridgehead atoms. The van der Waals surface area contributed by atoms with Crippen molar-refractivity contribution in [2.75, 3.05) is 6.54 Å². The number of carbonyl (C=O) groups is 1. The van der Waals surface area contributed by atoms with Crippen molar-refractivity contribution in [2.45, 2.75) is 13.1 Å². The van der Waals surface area contributed by atoms with Crippen molar-refractivity contribution in [1.82, 2.24) is 34.3 Å². The van der Waals surface area contributed by atoms with Crippen LogP contribution < -0.4 is 0 Å². The van der Waals surface area contributed by atoms with Crippen LogP contribution >= 0.6 is 11.6 Å². The van der Waals surface area contributed by atoms with E-state index in [0.717, 1.165) is 5.82 Å². The lowest BCUT2D eigenvalue weighted by Gasteiger charge is -2.26. The van der Waals surface area contributed by atoms with Crippen LogP contribution in [0.15, 0.2) is 24.8 Å². The molecule has 0 saturated heterocycles. The summed E-state index contributed by atoms with van der Waals surface area (Å²) in [6.07, 6.45) is 4.82. The van der Waals surface area contributed by atoms with Crippen LogP contribution in [0.3, 0.4) is 0 Å². The van der Waals surface area contributed by atoms with Crippen molar-refractivity contribution in [3.63, 3.8) is 0 Å². The molecule has 0 atom stereocenters. The van der Waals surface area contributed by atoms with Crippen LogP contribution in [0.5, 0.6) is 0 Å². The second kappa shape index (κ2) is 4.52. The van der Waals surface area contributed by atoms with E-state index in [2.05, 4.69) is 20.3 Å². The lowest BCUT2D eigenvalue weighted by Crippen LogP contribution is -2.38. The van der Waals surface area contributed by atoms with E-state index < -0.39 is 0 Å². The Morgan fingerprint density at radius 1 is 1.33 bits per heavy atom. The van der Waals surface area contributed by atoms with E-state index in [1.54, 1.807) is 23.5 Å². The van der Waals surface area contributed by atoms with Crippen molar-refractivity contribution in [1.29, 1.82) is 0 Å². The molecule has 3 aromatic rings. The first kappa shape index (κ1) is 12.3. The van der Waals surface area contributed by atoms with Crippen LogP contribution in [0.4, 0.5) is 0 Å². The number of hydrogen-bond donors (Lipinski definition) is 0. The minimum atomic E-state index is -0.147. The summed E-state index contributed by atoms with van der Waals surface area (Å²) in [5, 5.41) is 12.5. The zero-order valence-electron chi connectivity index (χ0n) is 10.8. The lowest BCUT2D eigenvalue weighted by atomic mass is 10.3. The normalized spacial score (nSPS) is 14.4. The SMILES string of the molecule is O=C(c1cc2ncc(Cl)cn2n1)N1CCn2cnnc2C1. The molecule has 0 fully saturated rings. The van der Waals surface area contributed by atoms with E-state index in [0.29, 0.717) is 36.0 Å². The third kappa shape index (κ3) is 2.04. The van der Waals surface area contributed by atoms with Crippen molar-refractivity contribution in [2.24, 2.45) is 0 Å². The highest BCUT2D eigenvalue weighted by atomic mass is 35.5. The van der Waals surface area contributed by atoms with Crippen LogP contribution in [-0.4, -0.2) is 46.7 Å². The van der Waals surface area contributed by atoms with Gasteiger partial charge in [-0.25, -0.2) is 9.50 Å². The Morgan fingerprint density at radius 3 is 3.14 bits per heavy atom. The molecule has 21 heavy (non-hydrogen) atoms. The van der Waals surface area contributed by atoms with Crippen LogP contribution in [0, 0.1) is 0 Å². The second-order valence-electron chi connectivity index (χ2n) is 4.77. The molecule has 4 heterocycles. The molecule has 1 aliphatic heterocycles. The Bertz CT molecular complexity index is 839. The van der Waals surface area contributed by atoms with Gasteiger partial charge >= 0.3 is 0 Å². The predicted molar refractivity (Wildman–Crippen MR) is 72.8 cm³/mol. The Kier molecular flexibility index (Phi) is 2.64. The van der Waals surface area contributed by atoms with Crippen molar-refractivity contribution >= 4 is 23.2 Å². The number of nitrogens with zero attached hydrogens (tertiary/aromatic N) is 7. The highest BCUT2D eigenvalue weighted by Crippen LogP contribution is 2.14. The molecule has 0 radical (unpaired) electrons. The fourth-order valence-corrected chi connectivity index (χ4v) is 2.50. The highest BCUT2D eigenvalue weighted by Gasteiger charge is 2.24. The first-order valence-corrected chi connectivity index (χ1v) is 6.75. The Balaban J connectivity index is 1.64. The molecule has 0 aliphatic carbocycles. The van der Waals surface area contributed by atoms with Gasteiger partial charge in [-0.2, -0.15) is 5.10 Å². The van der Waals surface area contributed by atoms with Gasteiger partial charge in [-0.15, -0.1) is 10.2 Å². The molecule has 0 saturated carbocycles. The van der Waals surface area contributed by atoms with E-state index in [9.17, 15) is 4.79 Å². The van der Waals surface area contributed by atoms with Gasteiger partial charge in [-0.1, -0.05) is 11.6 Å². The minimum absolute atomic E-state index is 0.147. The van der Waals surface area contributed by atoms with Crippen LogP contribution in [0.1, 0.15) is 16.3 Å². The molecular weight excluding hydrogens is 294 g/mol. The summed E-state index contributed by atoms with van der Waals surface area (Å²) in [7, 11) is 0. The summed E-state index contributed by atoms with van der Waals surface area (Å²) in [5.41, 5.74) is 0.931. The molecule has 8 nitrogen and oxygen atoms in total. The predicted octanol–water partition coefficient (Wildman–Crippen LogP) is 0.630. The molecule has 9 heteroatoms. The first-order valence-electron chi connectivity index (χ1n) is 6.37. The summed E-state index contributed by atoms with van der Waals surface area (Å²) >= 11 is 5.86. The summed E-state index contributed by atoms with van der Waals surface area (Å²) in [6, 6.07) is 1.65. The fraction of sp³-hybridized carbons (Fsp3) is 0.250. The van der Waals surface area contributed by atoms with E-state index in [1.165, 1.54) is 10.7 Å². The maximum absolute atomic E-state index is 12.5. The summed E-state index contributed by atoms with van der Waals surface area (Å²) in [6.45, 7) is 1.72. The van der Waals surface area contributed by atoms with Crippen molar-refractivity contribution < 1.29 is 4.79 Å². The van der Waals surface area contributed by atoms with Crippen molar-refractivity contribution in [3.05, 3.63) is 41.3 Å². The molecule has 1 amide bonds. The average Bonchev–Trinajstić information content (AvgIpc) is 3.11. The molecular formula is C12H10ClN7O.